The maximum atomic E-state index is 14.3. The molecule has 0 bridgehead atoms. The molecule has 4 saturated heterocycles. The first-order valence-electron chi connectivity index (χ1n) is 49.7. The van der Waals surface area contributed by atoms with E-state index in [4.69, 9.17) is 38.6 Å². The summed E-state index contributed by atoms with van der Waals surface area (Å²) in [5.74, 6) is -7.44. The van der Waals surface area contributed by atoms with Crippen LogP contribution in [0.1, 0.15) is 288 Å². The van der Waals surface area contributed by atoms with Crippen molar-refractivity contribution in [2.24, 2.45) is 21.7 Å². The largest absolute Gasteiger partial charge is 0.516 e. The number of ether oxygens (including phenoxy) is 6. The van der Waals surface area contributed by atoms with E-state index in [0.717, 1.165) is 28.7 Å². The lowest BCUT2D eigenvalue weighted by molar-refractivity contribution is -0.153. The quantitative estimate of drug-likeness (QED) is 0.0172. The van der Waals surface area contributed by atoms with Crippen LogP contribution in [0.25, 0.3) is 0 Å². The van der Waals surface area contributed by atoms with Gasteiger partial charge in [-0.2, -0.15) is 0 Å². The molecule has 10 N–H and O–H groups in total. The van der Waals surface area contributed by atoms with Crippen LogP contribution in [0.5, 0.6) is 0 Å². The van der Waals surface area contributed by atoms with Crippen LogP contribution in [0.3, 0.4) is 0 Å². The van der Waals surface area contributed by atoms with Gasteiger partial charge >= 0.3 is 36.3 Å². The maximum absolute atomic E-state index is 14.3. The Bertz CT molecular complexity index is 4650. The van der Waals surface area contributed by atoms with Gasteiger partial charge in [0.05, 0.1) is 26.7 Å². The molecule has 0 saturated carbocycles. The molecule has 4 aliphatic rings. The van der Waals surface area contributed by atoms with Gasteiger partial charge in [0.15, 0.2) is 0 Å². The second kappa shape index (κ2) is 55.3. The number of nitrogens with zero attached hydrogens (tertiary/aromatic N) is 8. The minimum atomic E-state index is -1.16. The summed E-state index contributed by atoms with van der Waals surface area (Å²) < 4.78 is 31.7. The Morgan fingerprint density at radius 3 is 0.676 bits per heavy atom. The zero-order valence-electron chi connectivity index (χ0n) is 94.3. The summed E-state index contributed by atoms with van der Waals surface area (Å²) in [6.45, 7) is 63.5. The topological polar surface area (TPSA) is 525 Å². The molecule has 0 aromatic heterocycles. The molecule has 0 aliphatic carbocycles. The number of amides is 16. The number of aliphatic hydroxyl groups is 2. The zero-order chi connectivity index (χ0) is 115. The number of aliphatic hydroxyl groups excluding tert-OH is 2. The van der Waals surface area contributed by atoms with Crippen molar-refractivity contribution in [3.05, 3.63) is 109 Å². The Kier molecular flexibility index (Phi) is 48.9. The fraction of sp³-hybridized carbons (Fsp3) is 0.660. The number of carbonyl (C=O) groups is 18. The molecular weight excluding hydrogens is 1910 g/mol. The molecule has 42 nitrogen and oxygen atoms in total. The summed E-state index contributed by atoms with van der Waals surface area (Å²) in [5.41, 5.74) is -5.29. The van der Waals surface area contributed by atoms with Crippen LogP contribution in [0.2, 0.25) is 0 Å². The Labute approximate surface area is 874 Å². The fourth-order valence-corrected chi connectivity index (χ4v) is 15.6. The first-order valence-corrected chi connectivity index (χ1v) is 49.7. The highest BCUT2D eigenvalue weighted by atomic mass is 16.6. The summed E-state index contributed by atoms with van der Waals surface area (Å²) in [6, 6.07) is -1.14. The highest BCUT2D eigenvalue weighted by Crippen LogP contribution is 2.34. The highest BCUT2D eigenvalue weighted by molar-refractivity contribution is 6.02. The monoisotopic (exact) mass is 2090 g/mol. The molecule has 2 aromatic carbocycles. The van der Waals surface area contributed by atoms with E-state index in [1.165, 1.54) is 100 Å². The van der Waals surface area contributed by atoms with Gasteiger partial charge in [-0.15, -0.1) is 6.58 Å². The summed E-state index contributed by atoms with van der Waals surface area (Å²) in [7, 11) is 8.09. The average molecular weight is 2090 g/mol. The van der Waals surface area contributed by atoms with E-state index in [0.29, 0.717) is 24.0 Å². The van der Waals surface area contributed by atoms with E-state index in [2.05, 4.69) is 69.2 Å². The molecule has 2 aromatic rings. The van der Waals surface area contributed by atoms with Crippen LogP contribution < -0.4 is 42.5 Å². The predicted molar refractivity (Wildman–Crippen MR) is 559 cm³/mol. The van der Waals surface area contributed by atoms with Crippen molar-refractivity contribution < 1.29 is 125 Å². The molecule has 6 rings (SSSR count). The van der Waals surface area contributed by atoms with E-state index in [9.17, 15) is 86.3 Å². The number of carbonyl (C=O) groups excluding carboxylic acids is 18. The van der Waals surface area contributed by atoms with E-state index in [-0.39, 0.29) is 97.9 Å². The fourth-order valence-electron chi connectivity index (χ4n) is 15.6. The summed E-state index contributed by atoms with van der Waals surface area (Å²) in [5, 5.41) is 37.6. The first kappa shape index (κ1) is 131. The third kappa shape index (κ3) is 40.2. The smallest absolute Gasteiger partial charge is 0.410 e. The third-order valence-electron chi connectivity index (χ3n) is 24.4. The van der Waals surface area contributed by atoms with Crippen LogP contribution in [0.4, 0.5) is 19.2 Å². The number of hydrogen-bond acceptors (Lipinski definition) is 26. The average Bonchev–Trinajstić information content (AvgIpc) is 1.68. The lowest BCUT2D eigenvalue weighted by Crippen LogP contribution is -2.59. The highest BCUT2D eigenvalue weighted by Gasteiger charge is 2.51. The molecule has 0 unspecified atom stereocenters. The van der Waals surface area contributed by atoms with Crippen molar-refractivity contribution in [2.75, 3.05) is 68.6 Å². The normalized spacial score (nSPS) is 19.3. The van der Waals surface area contributed by atoms with Crippen molar-refractivity contribution in [3.63, 3.8) is 0 Å². The number of allylic oxidation sites excluding steroid dienone is 1. The van der Waals surface area contributed by atoms with Crippen LogP contribution in [-0.2, 0) is 76.4 Å². The van der Waals surface area contributed by atoms with Gasteiger partial charge in [0.25, 0.3) is 23.6 Å². The molecule has 0 radical (unpaired) electrons. The summed E-state index contributed by atoms with van der Waals surface area (Å²) in [4.78, 5) is 252. The second-order valence-electron chi connectivity index (χ2n) is 45.9. The van der Waals surface area contributed by atoms with Crippen molar-refractivity contribution in [2.45, 2.75) is 366 Å². The van der Waals surface area contributed by atoms with E-state index in [1.807, 2.05) is 61.5 Å². The van der Waals surface area contributed by atoms with Gasteiger partial charge in [-0.05, 0) is 214 Å². The predicted octanol–water partition coefficient (Wildman–Crippen LogP) is 10.7. The van der Waals surface area contributed by atoms with Gasteiger partial charge < -0.3 is 101 Å². The standard InChI is InChI=1S/C50H78N8O14.C48H78N8O10.C4H8.2C2H4O/c1-27(55(15)45(67)71-49(9,10)11)37(59)53-35(47(3,4)5)41(63)57-25-31(23-33(57)43(65)69-17)51-39(61)29-19-21-30(22-20-29)40(62)52-32-24-34(44(66)70-18)58(26-32)42(64)36(48(6,7)8)54-38(60)28(2)56(16)46(68)72-50(12,13)14;1-27-23-33(25-55(27)41(61)35(45(5,6)7)51-37(57)29(3)53(17)43(63)65-47(11,12)13)49-39(59)31-19-21-32(22-20-31)40(60)50-34-24-28(2)56(26-34)42(62)36(46(8,9)10)52-38(58)30(4)54(18)44(64)66-48(14,15)16;1-3-4-2;2*1-2-3/h19-22,27-28,31-36H,23-26H2,1-18H3,(H,51,61)(H,52,62)(H,53,59)(H,54,60);19-22,27-30,33-36H,23-26H2,1-18H3,(H,49,59)(H,50,60)(H,51,57)(H,52,58);3H,1,4H2,2H3;2*2-3H,1H2/t27-,28-,31-,32-,33-,34-,35+,36+;27-,28-,29+,30+,33+,34+,35-,36-;;;/m01.../s1. The molecule has 148 heavy (non-hydrogen) atoms. The lowest BCUT2D eigenvalue weighted by Gasteiger charge is -2.36. The maximum Gasteiger partial charge on any atom is 0.410 e. The van der Waals surface area contributed by atoms with Crippen LogP contribution in [0, 0.1) is 21.7 Å². The summed E-state index contributed by atoms with van der Waals surface area (Å²) in [6.07, 6.45) is 2.61. The van der Waals surface area contributed by atoms with Gasteiger partial charge in [-0.3, -0.25) is 77.1 Å². The van der Waals surface area contributed by atoms with Crippen LogP contribution in [-0.4, -0.2) is 344 Å². The number of esters is 2. The SMILES string of the molecule is C=CCC.C=CO.C=CO.COC(=O)[C@@H]1C[C@H](NC(=O)c2ccc(C(=O)N[C@H]3C[C@@H](C(=O)OC)N(C(=O)[C@@H](NC(=O)[C@H](C)N(C)C(=O)OC(C)(C)C)C(C)(C)C)C3)cc2)CN1C(=O)[C@@H](NC(=O)[C@H](C)N(C)C(=O)OC(C)(C)C)C(C)(C)C.C[C@@H]1C[C@H](NC(=O)c2ccc(C(=O)N[C@H]3C[C@@H](C)N(C(=O)[C@@H](NC(=O)[C@H](C)N(C)C(=O)OC(C)(C)C)C(C)(C)C)C3)cc2)CN1C(=O)[C@@H](NC(=O)[C@H](C)N(C)C(=O)OC(C)(C)C)C(C)(C)C. The van der Waals surface area contributed by atoms with Crippen molar-refractivity contribution in [3.8, 4) is 0 Å². The zero-order valence-corrected chi connectivity index (χ0v) is 94.3. The number of likely N-dealkylation sites (tertiary alicyclic amines) is 4. The molecule has 16 amide bonds. The Morgan fingerprint density at radius 2 is 0.514 bits per heavy atom. The molecular formula is C106H172N16O26. The van der Waals surface area contributed by atoms with E-state index < -0.39 is 200 Å². The minimum Gasteiger partial charge on any atom is -0.516 e. The number of nitrogens with one attached hydrogen (secondary N) is 8. The molecule has 4 heterocycles. The van der Waals surface area contributed by atoms with Gasteiger partial charge in [0.1, 0.15) is 82.8 Å². The van der Waals surface area contributed by atoms with Crippen LogP contribution >= 0.6 is 0 Å². The molecule has 0 spiro atoms. The summed E-state index contributed by atoms with van der Waals surface area (Å²) >= 11 is 0. The number of rotatable bonds is 27. The Balaban J connectivity index is 0.000000920. The van der Waals surface area contributed by atoms with Crippen molar-refractivity contribution >= 4 is 107 Å². The van der Waals surface area contributed by atoms with Gasteiger partial charge in [0, 0.05) is 126 Å². The lowest BCUT2D eigenvalue weighted by atomic mass is 9.85. The number of methoxy groups -OCH3 is 2. The van der Waals surface area contributed by atoms with Gasteiger partial charge in [-0.25, -0.2) is 28.8 Å². The second-order valence-corrected chi connectivity index (χ2v) is 45.9. The third-order valence-corrected chi connectivity index (χ3v) is 24.4. The van der Waals surface area contributed by atoms with E-state index >= 15 is 0 Å². The van der Waals surface area contributed by atoms with Crippen LogP contribution in [0.15, 0.2) is 86.9 Å². The minimum absolute atomic E-state index is 0.00580. The van der Waals surface area contributed by atoms with Crippen molar-refractivity contribution in [1.29, 1.82) is 0 Å². The van der Waals surface area contributed by atoms with Crippen molar-refractivity contribution in [1.82, 2.24) is 81.7 Å². The Hall–Kier alpha value is -13.1. The molecule has 832 valence electrons. The van der Waals surface area contributed by atoms with Gasteiger partial charge in [0.2, 0.25) is 47.3 Å². The number of hydrogen-bond donors (Lipinski definition) is 10. The molecule has 42 heteroatoms. The van der Waals surface area contributed by atoms with Gasteiger partial charge in [-0.1, -0.05) is 109 Å². The number of benzene rings is 2. The molecule has 4 aliphatic heterocycles. The Morgan fingerprint density at radius 1 is 0.345 bits per heavy atom. The number of likely N-dealkylation sites (N-methyl/N-ethyl adjacent to an activating group) is 4. The van der Waals surface area contributed by atoms with E-state index in [1.54, 1.807) is 173 Å². The molecule has 4 fully saturated rings. The first-order chi connectivity index (χ1) is 67.7. The molecule has 16 atom stereocenters.